The molecular formula is C21H25NO5S. The first-order chi connectivity index (χ1) is 13.3. The molecule has 0 saturated heterocycles. The van der Waals surface area contributed by atoms with E-state index >= 15 is 0 Å². The number of ether oxygens (including phenoxy) is 2. The minimum absolute atomic E-state index is 0.0764. The van der Waals surface area contributed by atoms with E-state index in [4.69, 9.17) is 9.47 Å². The van der Waals surface area contributed by atoms with Gasteiger partial charge in [0.15, 0.2) is 5.12 Å². The molecule has 0 aliphatic carbocycles. The summed E-state index contributed by atoms with van der Waals surface area (Å²) in [4.78, 5) is 35.9. The number of nitrogens with one attached hydrogen (secondary N) is 1. The van der Waals surface area contributed by atoms with Crippen LogP contribution < -0.4 is 10.1 Å². The zero-order valence-electron chi connectivity index (χ0n) is 16.5. The predicted molar refractivity (Wildman–Crippen MR) is 111 cm³/mol. The molecule has 2 rings (SSSR count). The van der Waals surface area contributed by atoms with Gasteiger partial charge in [0, 0.05) is 12.7 Å². The van der Waals surface area contributed by atoms with Gasteiger partial charge in [0.2, 0.25) is 5.91 Å². The Hall–Kier alpha value is -2.54. The Morgan fingerprint density at radius 3 is 2.43 bits per heavy atom. The fourth-order valence-electron chi connectivity index (χ4n) is 2.72. The van der Waals surface area contributed by atoms with Crippen LogP contribution in [0.15, 0.2) is 36.4 Å². The summed E-state index contributed by atoms with van der Waals surface area (Å²) in [5.74, 6) is -0.319. The zero-order chi connectivity index (χ0) is 20.7. The number of benzene rings is 2. The predicted octanol–water partition coefficient (Wildman–Crippen LogP) is 3.28. The van der Waals surface area contributed by atoms with Gasteiger partial charge in [-0.1, -0.05) is 43.0 Å². The van der Waals surface area contributed by atoms with Gasteiger partial charge >= 0.3 is 5.97 Å². The van der Waals surface area contributed by atoms with Gasteiger partial charge in [-0.05, 0) is 35.4 Å². The molecule has 2 aromatic carbocycles. The van der Waals surface area contributed by atoms with Gasteiger partial charge in [-0.2, -0.15) is 0 Å². The van der Waals surface area contributed by atoms with E-state index in [-0.39, 0.29) is 29.3 Å². The van der Waals surface area contributed by atoms with Crippen molar-refractivity contribution in [2.75, 3.05) is 19.5 Å². The van der Waals surface area contributed by atoms with Crippen molar-refractivity contribution in [2.24, 2.45) is 0 Å². The molecule has 2 aromatic rings. The largest absolute Gasteiger partial charge is 0.497 e. The van der Waals surface area contributed by atoms with Crippen molar-refractivity contribution in [3.05, 3.63) is 42.0 Å². The van der Waals surface area contributed by atoms with Crippen molar-refractivity contribution in [1.82, 2.24) is 5.32 Å². The van der Waals surface area contributed by atoms with E-state index in [1.165, 1.54) is 6.92 Å². The van der Waals surface area contributed by atoms with Crippen LogP contribution in [-0.4, -0.2) is 42.5 Å². The van der Waals surface area contributed by atoms with Crippen LogP contribution in [-0.2, 0) is 19.1 Å². The van der Waals surface area contributed by atoms with Crippen molar-refractivity contribution in [1.29, 1.82) is 0 Å². The molecule has 2 atom stereocenters. The highest BCUT2D eigenvalue weighted by Crippen LogP contribution is 2.28. The van der Waals surface area contributed by atoms with Gasteiger partial charge in [-0.15, -0.1) is 0 Å². The van der Waals surface area contributed by atoms with Gasteiger partial charge < -0.3 is 14.8 Å². The number of thioether (sulfide) groups is 1. The van der Waals surface area contributed by atoms with Crippen LogP contribution in [0.5, 0.6) is 5.75 Å². The summed E-state index contributed by atoms with van der Waals surface area (Å²) in [5, 5.41) is 4.51. The van der Waals surface area contributed by atoms with Crippen molar-refractivity contribution in [3.63, 3.8) is 0 Å². The van der Waals surface area contributed by atoms with E-state index < -0.39 is 12.0 Å². The van der Waals surface area contributed by atoms with E-state index in [0.717, 1.165) is 33.8 Å². The van der Waals surface area contributed by atoms with Crippen LogP contribution >= 0.6 is 11.8 Å². The standard InChI is InChI=1S/C21H25NO5S/c1-5-27-20(24)19(22-14(3)23)12-28-21(25)13(2)15-6-7-17-11-18(26-4)9-8-16(17)10-15/h6-11,13,19H,5,12H2,1-4H3,(H,22,23)/t13?,19-/m1/s1. The highest BCUT2D eigenvalue weighted by Gasteiger charge is 2.24. The van der Waals surface area contributed by atoms with Crippen LogP contribution in [0, 0.1) is 0 Å². The number of carbonyl (C=O) groups is 3. The summed E-state index contributed by atoms with van der Waals surface area (Å²) in [6.45, 7) is 5.06. The average Bonchev–Trinajstić information content (AvgIpc) is 2.69. The maximum Gasteiger partial charge on any atom is 0.329 e. The van der Waals surface area contributed by atoms with Gasteiger partial charge in [0.25, 0.3) is 0 Å². The van der Waals surface area contributed by atoms with E-state index in [0.29, 0.717) is 0 Å². The molecule has 0 radical (unpaired) electrons. The monoisotopic (exact) mass is 403 g/mol. The van der Waals surface area contributed by atoms with E-state index in [2.05, 4.69) is 5.32 Å². The molecule has 0 heterocycles. The molecule has 0 aromatic heterocycles. The molecule has 28 heavy (non-hydrogen) atoms. The van der Waals surface area contributed by atoms with Crippen molar-refractivity contribution < 1.29 is 23.9 Å². The number of esters is 1. The van der Waals surface area contributed by atoms with Crippen LogP contribution in [0.25, 0.3) is 10.8 Å². The summed E-state index contributed by atoms with van der Waals surface area (Å²) in [7, 11) is 1.62. The smallest absolute Gasteiger partial charge is 0.329 e. The lowest BCUT2D eigenvalue weighted by atomic mass is 9.99. The fourth-order valence-corrected chi connectivity index (χ4v) is 3.66. The Bertz CT molecular complexity index is 867. The molecule has 0 spiro atoms. The summed E-state index contributed by atoms with van der Waals surface area (Å²) < 4.78 is 10.2. The Morgan fingerprint density at radius 1 is 1.11 bits per heavy atom. The molecule has 150 valence electrons. The number of fused-ring (bicyclic) bond motifs is 1. The first-order valence-electron chi connectivity index (χ1n) is 9.03. The summed E-state index contributed by atoms with van der Waals surface area (Å²) in [6, 6.07) is 10.8. The van der Waals surface area contributed by atoms with Crippen LogP contribution in [0.2, 0.25) is 0 Å². The lowest BCUT2D eigenvalue weighted by molar-refractivity contribution is -0.146. The molecule has 7 heteroatoms. The Balaban J connectivity index is 2.07. The maximum atomic E-state index is 12.6. The van der Waals surface area contributed by atoms with Crippen molar-refractivity contribution in [2.45, 2.75) is 32.7 Å². The molecule has 1 amide bonds. The number of hydrogen-bond donors (Lipinski definition) is 1. The highest BCUT2D eigenvalue weighted by molar-refractivity contribution is 8.13. The lowest BCUT2D eigenvalue weighted by Gasteiger charge is -2.17. The SMILES string of the molecule is CCOC(=O)[C@@H](CSC(=O)C(C)c1ccc2cc(OC)ccc2c1)NC(C)=O. The van der Waals surface area contributed by atoms with Gasteiger partial charge in [0.1, 0.15) is 11.8 Å². The third kappa shape index (κ3) is 5.73. The molecule has 0 aliphatic rings. The Kier molecular flexibility index (Phi) is 7.87. The molecule has 1 N–H and O–H groups in total. The number of carbonyl (C=O) groups excluding carboxylic acids is 3. The van der Waals surface area contributed by atoms with E-state index in [1.54, 1.807) is 14.0 Å². The van der Waals surface area contributed by atoms with E-state index in [1.807, 2.05) is 43.3 Å². The Morgan fingerprint density at radius 2 is 1.79 bits per heavy atom. The van der Waals surface area contributed by atoms with E-state index in [9.17, 15) is 14.4 Å². The Labute approximate surface area is 169 Å². The summed E-state index contributed by atoms with van der Waals surface area (Å²) >= 11 is 1.02. The lowest BCUT2D eigenvalue weighted by Crippen LogP contribution is -2.43. The van der Waals surface area contributed by atoms with Crippen molar-refractivity contribution >= 4 is 39.5 Å². The molecule has 0 bridgehead atoms. The maximum absolute atomic E-state index is 12.6. The molecule has 6 nitrogen and oxygen atoms in total. The van der Waals surface area contributed by atoms with Gasteiger partial charge in [-0.3, -0.25) is 9.59 Å². The summed E-state index contributed by atoms with van der Waals surface area (Å²) in [5.41, 5.74) is 0.891. The molecule has 1 unspecified atom stereocenters. The second kappa shape index (κ2) is 10.1. The number of amides is 1. The van der Waals surface area contributed by atoms with Crippen LogP contribution in [0.3, 0.4) is 0 Å². The minimum Gasteiger partial charge on any atom is -0.497 e. The second-order valence-electron chi connectivity index (χ2n) is 6.33. The number of rotatable bonds is 8. The van der Waals surface area contributed by atoms with Crippen molar-refractivity contribution in [3.8, 4) is 5.75 Å². The van der Waals surface area contributed by atoms with Gasteiger partial charge in [-0.25, -0.2) is 4.79 Å². The first-order valence-corrected chi connectivity index (χ1v) is 10.0. The second-order valence-corrected chi connectivity index (χ2v) is 7.35. The zero-order valence-corrected chi connectivity index (χ0v) is 17.3. The average molecular weight is 404 g/mol. The van der Waals surface area contributed by atoms with Crippen LogP contribution in [0.4, 0.5) is 0 Å². The molecule has 0 saturated carbocycles. The quantitative estimate of drug-likeness (QED) is 0.681. The normalized spacial score (nSPS) is 12.9. The first kappa shape index (κ1) is 21.8. The summed E-state index contributed by atoms with van der Waals surface area (Å²) in [6.07, 6.45) is 0. The minimum atomic E-state index is -0.845. The molecular weight excluding hydrogens is 378 g/mol. The highest BCUT2D eigenvalue weighted by atomic mass is 32.2. The van der Waals surface area contributed by atoms with Crippen LogP contribution in [0.1, 0.15) is 32.3 Å². The fraction of sp³-hybridized carbons (Fsp3) is 0.381. The topological polar surface area (TPSA) is 81.7 Å². The molecule has 0 fully saturated rings. The third-order valence-electron chi connectivity index (χ3n) is 4.27. The van der Waals surface area contributed by atoms with Gasteiger partial charge in [0.05, 0.1) is 19.6 Å². The number of hydrogen-bond acceptors (Lipinski definition) is 6. The number of methoxy groups -OCH3 is 1. The third-order valence-corrected chi connectivity index (χ3v) is 5.40. The molecule has 0 aliphatic heterocycles.